The zero-order valence-electron chi connectivity index (χ0n) is 10.0. The largest absolute Gasteiger partial charge is 0.497 e. The van der Waals surface area contributed by atoms with E-state index >= 15 is 0 Å². The van der Waals surface area contributed by atoms with Crippen LogP contribution in [-0.2, 0) is 6.42 Å². The van der Waals surface area contributed by atoms with Gasteiger partial charge in [0.05, 0.1) is 19.4 Å². The van der Waals surface area contributed by atoms with Crippen molar-refractivity contribution in [3.8, 4) is 17.0 Å². The van der Waals surface area contributed by atoms with Crippen LogP contribution in [0.2, 0.25) is 0 Å². The minimum absolute atomic E-state index is 0.106. The summed E-state index contributed by atoms with van der Waals surface area (Å²) in [5.74, 6) is 1.65. The van der Waals surface area contributed by atoms with Crippen molar-refractivity contribution in [2.45, 2.75) is 13.3 Å². The molecule has 0 atom stereocenters. The average molecular weight is 232 g/mol. The number of aromatic amines is 1. The fourth-order valence-electron chi connectivity index (χ4n) is 1.78. The number of nitrogens with zero attached hydrogens (tertiary/aromatic N) is 1. The van der Waals surface area contributed by atoms with Crippen molar-refractivity contribution in [3.63, 3.8) is 0 Å². The van der Waals surface area contributed by atoms with Crippen molar-refractivity contribution in [2.24, 2.45) is 0 Å². The summed E-state index contributed by atoms with van der Waals surface area (Å²) < 4.78 is 5.12. The third-order valence-electron chi connectivity index (χ3n) is 2.65. The van der Waals surface area contributed by atoms with E-state index < -0.39 is 0 Å². The number of H-pyrrole nitrogens is 1. The predicted molar refractivity (Wildman–Crippen MR) is 66.1 cm³/mol. The lowest BCUT2D eigenvalue weighted by Gasteiger charge is -2.01. The van der Waals surface area contributed by atoms with E-state index in [0.717, 1.165) is 28.5 Å². The van der Waals surface area contributed by atoms with E-state index in [1.807, 2.05) is 31.2 Å². The Bertz CT molecular complexity index is 489. The minimum atomic E-state index is 0.106. The zero-order valence-corrected chi connectivity index (χ0v) is 10.0. The molecule has 0 radical (unpaired) electrons. The Morgan fingerprint density at radius 3 is 2.59 bits per heavy atom. The molecule has 4 heteroatoms. The number of ether oxygens (including phenoxy) is 1. The normalized spacial score (nSPS) is 10.5. The van der Waals surface area contributed by atoms with Gasteiger partial charge in [-0.15, -0.1) is 0 Å². The molecule has 0 fully saturated rings. The maximum atomic E-state index is 8.88. The Labute approximate surface area is 100 Å². The van der Waals surface area contributed by atoms with Gasteiger partial charge >= 0.3 is 0 Å². The molecule has 1 aromatic heterocycles. The molecule has 0 bridgehead atoms. The summed E-state index contributed by atoms with van der Waals surface area (Å²) in [4.78, 5) is 7.64. The number of imidazole rings is 1. The van der Waals surface area contributed by atoms with Gasteiger partial charge in [0.2, 0.25) is 0 Å². The van der Waals surface area contributed by atoms with Crippen LogP contribution in [0.3, 0.4) is 0 Å². The van der Waals surface area contributed by atoms with Crippen molar-refractivity contribution in [1.82, 2.24) is 9.97 Å². The standard InChI is InChI=1S/C13H16N2O2/c1-9-13(15-12(14-9)7-8-16)10-3-5-11(17-2)6-4-10/h3-6,16H,7-8H2,1-2H3,(H,14,15). The Morgan fingerprint density at radius 1 is 1.29 bits per heavy atom. The third kappa shape index (κ3) is 2.47. The van der Waals surface area contributed by atoms with Crippen LogP contribution in [0.5, 0.6) is 5.75 Å². The third-order valence-corrected chi connectivity index (χ3v) is 2.65. The van der Waals surface area contributed by atoms with Crippen molar-refractivity contribution < 1.29 is 9.84 Å². The summed E-state index contributed by atoms with van der Waals surface area (Å²) in [6, 6.07) is 7.78. The van der Waals surface area contributed by atoms with E-state index in [-0.39, 0.29) is 6.61 Å². The molecule has 0 spiro atoms. The first-order valence-electron chi connectivity index (χ1n) is 5.55. The lowest BCUT2D eigenvalue weighted by atomic mass is 10.1. The molecule has 17 heavy (non-hydrogen) atoms. The lowest BCUT2D eigenvalue weighted by Crippen LogP contribution is -1.92. The molecule has 0 aliphatic rings. The zero-order chi connectivity index (χ0) is 12.3. The summed E-state index contributed by atoms with van der Waals surface area (Å²) in [5.41, 5.74) is 2.98. The van der Waals surface area contributed by atoms with Crippen LogP contribution in [0.25, 0.3) is 11.3 Å². The first kappa shape index (κ1) is 11.7. The summed E-state index contributed by atoms with van der Waals surface area (Å²) in [7, 11) is 1.65. The molecule has 0 saturated heterocycles. The highest BCUT2D eigenvalue weighted by Gasteiger charge is 2.08. The first-order chi connectivity index (χ1) is 8.24. The van der Waals surface area contributed by atoms with Crippen LogP contribution in [0, 0.1) is 6.92 Å². The van der Waals surface area contributed by atoms with Gasteiger partial charge < -0.3 is 14.8 Å². The van der Waals surface area contributed by atoms with Crippen LogP contribution < -0.4 is 4.74 Å². The number of aliphatic hydroxyl groups excluding tert-OH is 1. The highest BCUT2D eigenvalue weighted by Crippen LogP contribution is 2.23. The Kier molecular flexibility index (Phi) is 3.44. The van der Waals surface area contributed by atoms with Gasteiger partial charge in [-0.2, -0.15) is 0 Å². The molecular formula is C13H16N2O2. The first-order valence-corrected chi connectivity index (χ1v) is 5.55. The van der Waals surface area contributed by atoms with Crippen LogP contribution in [0.4, 0.5) is 0 Å². The van der Waals surface area contributed by atoms with Crippen molar-refractivity contribution >= 4 is 0 Å². The van der Waals surface area contributed by atoms with Gasteiger partial charge in [0.15, 0.2) is 0 Å². The molecule has 90 valence electrons. The number of hydrogen-bond acceptors (Lipinski definition) is 3. The fraction of sp³-hybridized carbons (Fsp3) is 0.308. The maximum absolute atomic E-state index is 8.88. The molecule has 0 saturated carbocycles. The molecule has 2 N–H and O–H groups in total. The van der Waals surface area contributed by atoms with Crippen LogP contribution in [-0.4, -0.2) is 28.8 Å². The Morgan fingerprint density at radius 2 is 2.00 bits per heavy atom. The Balaban J connectivity index is 2.31. The number of aromatic nitrogens is 2. The molecule has 1 aromatic carbocycles. The lowest BCUT2D eigenvalue weighted by molar-refractivity contribution is 0.297. The number of hydrogen-bond donors (Lipinski definition) is 2. The highest BCUT2D eigenvalue weighted by atomic mass is 16.5. The van der Waals surface area contributed by atoms with Crippen LogP contribution in [0.15, 0.2) is 24.3 Å². The molecule has 0 aliphatic heterocycles. The number of aryl methyl sites for hydroxylation is 1. The molecule has 2 aromatic rings. The van der Waals surface area contributed by atoms with E-state index in [0.29, 0.717) is 6.42 Å². The summed E-state index contributed by atoms with van der Waals surface area (Å²) >= 11 is 0. The van der Waals surface area contributed by atoms with Crippen molar-refractivity contribution in [1.29, 1.82) is 0 Å². The molecule has 0 aliphatic carbocycles. The highest BCUT2D eigenvalue weighted by molar-refractivity contribution is 5.62. The van der Waals surface area contributed by atoms with E-state index in [4.69, 9.17) is 9.84 Å². The van der Waals surface area contributed by atoms with Gasteiger partial charge in [-0.05, 0) is 31.2 Å². The smallest absolute Gasteiger partial charge is 0.118 e. The SMILES string of the molecule is COc1ccc(-c2nc(CCO)[nH]c2C)cc1. The summed E-state index contributed by atoms with van der Waals surface area (Å²) in [6.07, 6.45) is 0.553. The Hall–Kier alpha value is -1.81. The summed E-state index contributed by atoms with van der Waals surface area (Å²) in [5, 5.41) is 8.88. The van der Waals surface area contributed by atoms with Gasteiger partial charge in [0, 0.05) is 17.7 Å². The van der Waals surface area contributed by atoms with E-state index in [2.05, 4.69) is 9.97 Å². The number of benzene rings is 1. The van der Waals surface area contributed by atoms with E-state index in [1.165, 1.54) is 0 Å². The molecular weight excluding hydrogens is 216 g/mol. The molecule has 0 unspecified atom stereocenters. The predicted octanol–water partition coefficient (Wildman–Crippen LogP) is 1.93. The van der Waals surface area contributed by atoms with E-state index in [9.17, 15) is 0 Å². The van der Waals surface area contributed by atoms with Gasteiger partial charge in [-0.25, -0.2) is 4.98 Å². The molecule has 4 nitrogen and oxygen atoms in total. The maximum Gasteiger partial charge on any atom is 0.118 e. The monoisotopic (exact) mass is 232 g/mol. The minimum Gasteiger partial charge on any atom is -0.497 e. The van der Waals surface area contributed by atoms with Crippen molar-refractivity contribution in [3.05, 3.63) is 35.8 Å². The van der Waals surface area contributed by atoms with Crippen LogP contribution in [0.1, 0.15) is 11.5 Å². The number of methoxy groups -OCH3 is 1. The number of rotatable bonds is 4. The molecule has 0 amide bonds. The number of nitrogens with one attached hydrogen (secondary N) is 1. The molecule has 1 heterocycles. The topological polar surface area (TPSA) is 58.1 Å². The number of aliphatic hydroxyl groups is 1. The van der Waals surface area contributed by atoms with Gasteiger partial charge in [-0.1, -0.05) is 0 Å². The van der Waals surface area contributed by atoms with E-state index in [1.54, 1.807) is 7.11 Å². The van der Waals surface area contributed by atoms with Gasteiger partial charge in [0.25, 0.3) is 0 Å². The summed E-state index contributed by atoms with van der Waals surface area (Å²) in [6.45, 7) is 2.09. The molecule has 2 rings (SSSR count). The fourth-order valence-corrected chi connectivity index (χ4v) is 1.78. The van der Waals surface area contributed by atoms with Gasteiger partial charge in [-0.3, -0.25) is 0 Å². The second-order valence-corrected chi connectivity index (χ2v) is 3.86. The average Bonchev–Trinajstić information content (AvgIpc) is 2.71. The quantitative estimate of drug-likeness (QED) is 0.846. The van der Waals surface area contributed by atoms with Crippen molar-refractivity contribution in [2.75, 3.05) is 13.7 Å². The van der Waals surface area contributed by atoms with Gasteiger partial charge in [0.1, 0.15) is 11.6 Å². The second-order valence-electron chi connectivity index (χ2n) is 3.86. The second kappa shape index (κ2) is 5.01. The van der Waals surface area contributed by atoms with Crippen LogP contribution >= 0.6 is 0 Å².